The molecule has 0 spiro atoms. The van der Waals surface area contributed by atoms with Crippen LogP contribution in [0.25, 0.3) is 0 Å². The number of para-hydroxylation sites is 1. The lowest BCUT2D eigenvalue weighted by Gasteiger charge is -2.40. The molecule has 0 unspecified atom stereocenters. The molecule has 0 N–H and O–H groups in total. The Morgan fingerprint density at radius 1 is 1.12 bits per heavy atom. The minimum atomic E-state index is -0.0833. The molecule has 124 valence electrons. The van der Waals surface area contributed by atoms with Gasteiger partial charge in [-0.25, -0.2) is 5.01 Å². The van der Waals surface area contributed by atoms with E-state index in [1.807, 2.05) is 18.2 Å². The first-order valence-electron chi connectivity index (χ1n) is 8.44. The fourth-order valence-electron chi connectivity index (χ4n) is 3.52. The molecule has 0 saturated carbocycles. The minimum Gasteiger partial charge on any atom is -0.493 e. The zero-order valence-corrected chi connectivity index (χ0v) is 14.3. The first-order valence-corrected chi connectivity index (χ1v) is 8.44. The molecule has 2 heterocycles. The lowest BCUT2D eigenvalue weighted by molar-refractivity contribution is -0.0476. The van der Waals surface area contributed by atoms with Gasteiger partial charge in [-0.15, -0.1) is 0 Å². The Labute approximate surface area is 142 Å². The summed E-state index contributed by atoms with van der Waals surface area (Å²) in [6, 6.07) is 16.7. The van der Waals surface area contributed by atoms with Gasteiger partial charge in [0.05, 0.1) is 18.9 Å². The van der Waals surface area contributed by atoms with Crippen molar-refractivity contribution in [3.8, 4) is 11.5 Å². The van der Waals surface area contributed by atoms with Gasteiger partial charge in [0.1, 0.15) is 0 Å². The van der Waals surface area contributed by atoms with E-state index >= 15 is 0 Å². The monoisotopic (exact) mass is 322 g/mol. The number of hydrazone groups is 1. The highest BCUT2D eigenvalue weighted by Crippen LogP contribution is 2.47. The van der Waals surface area contributed by atoms with Crippen LogP contribution in [0.1, 0.15) is 37.4 Å². The van der Waals surface area contributed by atoms with E-state index < -0.39 is 0 Å². The summed E-state index contributed by atoms with van der Waals surface area (Å²) < 4.78 is 11.8. The number of rotatable bonds is 3. The lowest BCUT2D eigenvalue weighted by atomic mass is 9.95. The van der Waals surface area contributed by atoms with Crippen LogP contribution >= 0.6 is 0 Å². The predicted molar refractivity (Wildman–Crippen MR) is 94.4 cm³/mol. The zero-order chi connectivity index (χ0) is 16.7. The van der Waals surface area contributed by atoms with Gasteiger partial charge >= 0.3 is 0 Å². The molecule has 2 aliphatic heterocycles. The summed E-state index contributed by atoms with van der Waals surface area (Å²) in [5.74, 6) is 1.99. The van der Waals surface area contributed by atoms with Gasteiger partial charge in [-0.2, -0.15) is 5.10 Å². The quantitative estimate of drug-likeness (QED) is 0.848. The second kappa shape index (κ2) is 5.86. The van der Waals surface area contributed by atoms with Crippen LogP contribution in [0.3, 0.4) is 0 Å². The normalized spacial score (nSPS) is 21.8. The van der Waals surface area contributed by atoms with Crippen molar-refractivity contribution in [2.45, 2.75) is 32.5 Å². The van der Waals surface area contributed by atoms with Gasteiger partial charge in [0, 0.05) is 17.9 Å². The van der Waals surface area contributed by atoms with Gasteiger partial charge < -0.3 is 9.47 Å². The molecule has 2 aromatic carbocycles. The molecule has 0 aromatic heterocycles. The molecular formula is C20H22N2O2. The molecule has 2 atom stereocenters. The molecule has 2 aliphatic rings. The summed E-state index contributed by atoms with van der Waals surface area (Å²) in [6.07, 6.45) is 0.802. The second-order valence-corrected chi connectivity index (χ2v) is 6.64. The van der Waals surface area contributed by atoms with E-state index in [1.165, 1.54) is 5.56 Å². The van der Waals surface area contributed by atoms with E-state index in [2.05, 4.69) is 49.2 Å². The van der Waals surface area contributed by atoms with Gasteiger partial charge in [0.25, 0.3) is 0 Å². The molecule has 0 aliphatic carbocycles. The zero-order valence-electron chi connectivity index (χ0n) is 14.3. The van der Waals surface area contributed by atoms with Crippen LogP contribution in [0.5, 0.6) is 11.5 Å². The summed E-state index contributed by atoms with van der Waals surface area (Å²) in [5.41, 5.74) is 3.45. The molecule has 0 saturated heterocycles. The Balaban J connectivity index is 1.78. The van der Waals surface area contributed by atoms with Crippen LogP contribution in [0, 0.1) is 5.92 Å². The first kappa shape index (κ1) is 15.1. The van der Waals surface area contributed by atoms with Crippen molar-refractivity contribution in [1.82, 2.24) is 5.01 Å². The van der Waals surface area contributed by atoms with Crippen LogP contribution in [0.4, 0.5) is 0 Å². The summed E-state index contributed by atoms with van der Waals surface area (Å²) in [4.78, 5) is 0. The van der Waals surface area contributed by atoms with Crippen molar-refractivity contribution < 1.29 is 9.47 Å². The maximum atomic E-state index is 6.31. The van der Waals surface area contributed by atoms with Gasteiger partial charge in [0.15, 0.2) is 17.7 Å². The Morgan fingerprint density at radius 3 is 2.62 bits per heavy atom. The molecule has 0 radical (unpaired) electrons. The van der Waals surface area contributed by atoms with Gasteiger partial charge in [-0.05, 0) is 11.6 Å². The molecule has 0 fully saturated rings. The van der Waals surface area contributed by atoms with Crippen molar-refractivity contribution in [2.75, 3.05) is 7.11 Å². The van der Waals surface area contributed by atoms with Crippen LogP contribution in [0.2, 0.25) is 0 Å². The second-order valence-electron chi connectivity index (χ2n) is 6.64. The Hall–Kier alpha value is -2.49. The van der Waals surface area contributed by atoms with Crippen LogP contribution < -0.4 is 9.47 Å². The number of fused-ring (bicyclic) bond motifs is 3. The number of hydrogen-bond acceptors (Lipinski definition) is 4. The topological polar surface area (TPSA) is 34.1 Å². The van der Waals surface area contributed by atoms with Crippen molar-refractivity contribution in [3.63, 3.8) is 0 Å². The maximum Gasteiger partial charge on any atom is 0.190 e. The third-order valence-corrected chi connectivity index (χ3v) is 4.71. The fraction of sp³-hybridized carbons (Fsp3) is 0.350. The average Bonchev–Trinajstić information content (AvgIpc) is 3.06. The SMILES string of the molecule is COc1cccc2c1O[C@@H](C(C)C)N1N=C(c3ccccc3)C[C@H]21. The molecular weight excluding hydrogens is 300 g/mol. The van der Waals surface area contributed by atoms with E-state index in [0.717, 1.165) is 29.2 Å². The summed E-state index contributed by atoms with van der Waals surface area (Å²) in [5, 5.41) is 7.06. The fourth-order valence-corrected chi connectivity index (χ4v) is 3.52. The highest BCUT2D eigenvalue weighted by Gasteiger charge is 2.42. The molecule has 24 heavy (non-hydrogen) atoms. The van der Waals surface area contributed by atoms with E-state index in [1.54, 1.807) is 7.11 Å². The third kappa shape index (κ3) is 2.33. The molecule has 4 heteroatoms. The molecule has 2 aromatic rings. The third-order valence-electron chi connectivity index (χ3n) is 4.71. The molecule has 0 bridgehead atoms. The lowest BCUT2D eigenvalue weighted by Crippen LogP contribution is -2.43. The summed E-state index contributed by atoms with van der Waals surface area (Å²) >= 11 is 0. The van der Waals surface area contributed by atoms with Crippen molar-refractivity contribution in [1.29, 1.82) is 0 Å². The molecule has 4 rings (SSSR count). The van der Waals surface area contributed by atoms with Crippen molar-refractivity contribution in [3.05, 3.63) is 59.7 Å². The van der Waals surface area contributed by atoms with Crippen molar-refractivity contribution in [2.24, 2.45) is 11.0 Å². The predicted octanol–water partition coefficient (Wildman–Crippen LogP) is 4.22. The van der Waals surface area contributed by atoms with Crippen LogP contribution in [-0.2, 0) is 0 Å². The Bertz CT molecular complexity index is 770. The van der Waals surface area contributed by atoms with E-state index in [4.69, 9.17) is 14.6 Å². The van der Waals surface area contributed by atoms with Crippen LogP contribution in [-0.4, -0.2) is 24.1 Å². The highest BCUT2D eigenvalue weighted by atomic mass is 16.5. The standard InChI is InChI=1S/C20H22N2O2/c1-13(2)20-22-17(12-16(21-22)14-8-5-4-6-9-14)15-10-7-11-18(23-3)19(15)24-20/h4-11,13,17,20H,12H2,1-3H3/t17-,20+/m1/s1. The largest absolute Gasteiger partial charge is 0.493 e. The number of benzene rings is 2. The number of ether oxygens (including phenoxy) is 2. The summed E-state index contributed by atoms with van der Waals surface area (Å²) in [6.45, 7) is 4.33. The molecule has 4 nitrogen and oxygen atoms in total. The van der Waals surface area contributed by atoms with Crippen molar-refractivity contribution >= 4 is 5.71 Å². The first-order chi connectivity index (χ1) is 11.7. The minimum absolute atomic E-state index is 0.0833. The van der Waals surface area contributed by atoms with Gasteiger partial charge in [-0.3, -0.25) is 0 Å². The number of nitrogens with zero attached hydrogens (tertiary/aromatic N) is 2. The van der Waals surface area contributed by atoms with Crippen LogP contribution in [0.15, 0.2) is 53.6 Å². The molecule has 0 amide bonds. The number of hydrogen-bond donors (Lipinski definition) is 0. The Morgan fingerprint density at radius 2 is 1.92 bits per heavy atom. The smallest absolute Gasteiger partial charge is 0.190 e. The summed E-state index contributed by atoms with van der Waals surface area (Å²) in [7, 11) is 1.69. The van der Waals surface area contributed by atoms with Gasteiger partial charge in [0.2, 0.25) is 0 Å². The maximum absolute atomic E-state index is 6.31. The van der Waals surface area contributed by atoms with E-state index in [0.29, 0.717) is 5.92 Å². The van der Waals surface area contributed by atoms with Gasteiger partial charge in [-0.1, -0.05) is 56.3 Å². The van der Waals surface area contributed by atoms with E-state index in [9.17, 15) is 0 Å². The average molecular weight is 322 g/mol. The highest BCUT2D eigenvalue weighted by molar-refractivity contribution is 6.01. The Kier molecular flexibility index (Phi) is 3.68. The number of methoxy groups -OCH3 is 1. The van der Waals surface area contributed by atoms with E-state index in [-0.39, 0.29) is 12.3 Å².